The molecule has 0 saturated carbocycles. The number of amides is 1. The van der Waals surface area contributed by atoms with Gasteiger partial charge in [0.25, 0.3) is 0 Å². The van der Waals surface area contributed by atoms with E-state index in [2.05, 4.69) is 11.4 Å². The molecule has 17 heavy (non-hydrogen) atoms. The van der Waals surface area contributed by atoms with E-state index in [1.807, 2.05) is 20.0 Å². The molecule has 0 aliphatic carbocycles. The van der Waals surface area contributed by atoms with E-state index >= 15 is 0 Å². The van der Waals surface area contributed by atoms with E-state index in [1.165, 1.54) is 4.88 Å². The molecule has 5 heteroatoms. The number of carbonyl (C=O) groups excluding carboxylic acids is 1. The molecule has 0 aliphatic heterocycles. The molecule has 1 amide bonds. The van der Waals surface area contributed by atoms with Crippen LogP contribution in [0.5, 0.6) is 0 Å². The third-order valence-electron chi connectivity index (χ3n) is 2.51. The van der Waals surface area contributed by atoms with E-state index in [-0.39, 0.29) is 24.4 Å². The molecule has 3 nitrogen and oxygen atoms in total. The number of hydrogen-bond acceptors (Lipinski definition) is 3. The van der Waals surface area contributed by atoms with Crippen LogP contribution in [0.15, 0.2) is 17.5 Å². The van der Waals surface area contributed by atoms with Crippen LogP contribution in [0.3, 0.4) is 0 Å². The zero-order valence-corrected chi connectivity index (χ0v) is 12.0. The second-order valence-corrected chi connectivity index (χ2v) is 5.19. The van der Waals surface area contributed by atoms with Crippen molar-refractivity contribution >= 4 is 29.7 Å². The Morgan fingerprint density at radius 3 is 2.82 bits per heavy atom. The average molecular weight is 277 g/mol. The Morgan fingerprint density at radius 2 is 2.29 bits per heavy atom. The van der Waals surface area contributed by atoms with E-state index in [4.69, 9.17) is 5.73 Å². The van der Waals surface area contributed by atoms with Crippen LogP contribution in [0.25, 0.3) is 0 Å². The van der Waals surface area contributed by atoms with Crippen LogP contribution < -0.4 is 5.73 Å². The smallest absolute Gasteiger partial charge is 0.222 e. The number of carbonyl (C=O) groups is 1. The lowest BCUT2D eigenvalue weighted by Gasteiger charge is -2.17. The van der Waals surface area contributed by atoms with Gasteiger partial charge in [-0.05, 0) is 31.2 Å². The van der Waals surface area contributed by atoms with Crippen molar-refractivity contribution in [3.8, 4) is 0 Å². The van der Waals surface area contributed by atoms with E-state index in [0.29, 0.717) is 6.42 Å². The minimum absolute atomic E-state index is 0. The monoisotopic (exact) mass is 276 g/mol. The Morgan fingerprint density at radius 1 is 1.59 bits per heavy atom. The lowest BCUT2D eigenvalue weighted by Crippen LogP contribution is -2.30. The van der Waals surface area contributed by atoms with Crippen molar-refractivity contribution in [3.05, 3.63) is 22.4 Å². The molecule has 0 bridgehead atoms. The van der Waals surface area contributed by atoms with Crippen LogP contribution in [0.1, 0.15) is 24.6 Å². The summed E-state index contributed by atoms with van der Waals surface area (Å²) in [5, 5.41) is 2.06. The molecule has 1 rings (SSSR count). The summed E-state index contributed by atoms with van der Waals surface area (Å²) in [6, 6.07) is 4.25. The predicted molar refractivity (Wildman–Crippen MR) is 75.8 cm³/mol. The summed E-state index contributed by atoms with van der Waals surface area (Å²) in [6.07, 6.45) is 2.26. The summed E-state index contributed by atoms with van der Waals surface area (Å²) in [6.45, 7) is 2.72. The SMILES string of the molecule is CC(N)CCC(=O)N(C)CCc1cccs1.Cl. The Bertz CT molecular complexity index is 314. The minimum Gasteiger partial charge on any atom is -0.345 e. The number of halogens is 1. The van der Waals surface area contributed by atoms with Crippen molar-refractivity contribution in [2.45, 2.75) is 32.2 Å². The highest BCUT2D eigenvalue weighted by Crippen LogP contribution is 2.09. The molecule has 2 N–H and O–H groups in total. The fourth-order valence-electron chi connectivity index (χ4n) is 1.40. The van der Waals surface area contributed by atoms with Gasteiger partial charge in [0.15, 0.2) is 0 Å². The van der Waals surface area contributed by atoms with Crippen molar-refractivity contribution in [1.82, 2.24) is 4.90 Å². The predicted octanol–water partition coefficient (Wildman–Crippen LogP) is 2.30. The highest BCUT2D eigenvalue weighted by molar-refractivity contribution is 7.09. The highest BCUT2D eigenvalue weighted by atomic mass is 35.5. The van der Waals surface area contributed by atoms with E-state index in [1.54, 1.807) is 16.2 Å². The summed E-state index contributed by atoms with van der Waals surface area (Å²) < 4.78 is 0. The van der Waals surface area contributed by atoms with Crippen LogP contribution >= 0.6 is 23.7 Å². The van der Waals surface area contributed by atoms with Gasteiger partial charge < -0.3 is 10.6 Å². The van der Waals surface area contributed by atoms with E-state index in [9.17, 15) is 4.79 Å². The lowest BCUT2D eigenvalue weighted by molar-refractivity contribution is -0.130. The molecule has 1 unspecified atom stereocenters. The molecule has 0 fully saturated rings. The maximum Gasteiger partial charge on any atom is 0.222 e. The van der Waals surface area contributed by atoms with Crippen molar-refractivity contribution in [2.75, 3.05) is 13.6 Å². The average Bonchev–Trinajstić information content (AvgIpc) is 2.75. The standard InChI is InChI=1S/C12H20N2OS.ClH/c1-10(13)5-6-12(15)14(2)8-7-11-4-3-9-16-11;/h3-4,9-10H,5-8,13H2,1-2H3;1H. The van der Waals surface area contributed by atoms with Gasteiger partial charge in [0.2, 0.25) is 5.91 Å². The molecule has 0 spiro atoms. The summed E-state index contributed by atoms with van der Waals surface area (Å²) in [4.78, 5) is 14.8. The van der Waals surface area contributed by atoms with Gasteiger partial charge in [-0.1, -0.05) is 6.07 Å². The van der Waals surface area contributed by atoms with Crippen LogP contribution in [-0.4, -0.2) is 30.4 Å². The van der Waals surface area contributed by atoms with Crippen molar-refractivity contribution in [2.24, 2.45) is 5.73 Å². The molecule has 1 heterocycles. The Hall–Kier alpha value is -0.580. The zero-order chi connectivity index (χ0) is 12.0. The topological polar surface area (TPSA) is 46.3 Å². The molecule has 1 aromatic heterocycles. The largest absolute Gasteiger partial charge is 0.345 e. The first-order valence-electron chi connectivity index (χ1n) is 5.61. The number of hydrogen-bond donors (Lipinski definition) is 1. The first-order chi connectivity index (χ1) is 7.59. The Kier molecular flexibility index (Phi) is 8.21. The summed E-state index contributed by atoms with van der Waals surface area (Å²) in [5.74, 6) is 0.189. The Labute approximate surface area is 113 Å². The Balaban J connectivity index is 0.00000256. The molecule has 0 saturated heterocycles. The quantitative estimate of drug-likeness (QED) is 0.867. The molecule has 0 aliphatic rings. The number of nitrogens with two attached hydrogens (primary N) is 1. The third kappa shape index (κ3) is 6.66. The van der Waals surface area contributed by atoms with Gasteiger partial charge in [-0.3, -0.25) is 4.79 Å². The molecule has 1 aromatic rings. The first kappa shape index (κ1) is 16.4. The molecular formula is C12H21ClN2OS. The second-order valence-electron chi connectivity index (χ2n) is 4.16. The van der Waals surface area contributed by atoms with Gasteiger partial charge in [0.1, 0.15) is 0 Å². The van der Waals surface area contributed by atoms with Gasteiger partial charge in [-0.15, -0.1) is 23.7 Å². The van der Waals surface area contributed by atoms with Gasteiger partial charge in [0.05, 0.1) is 0 Å². The van der Waals surface area contributed by atoms with E-state index in [0.717, 1.165) is 19.4 Å². The minimum atomic E-state index is 0. The van der Waals surface area contributed by atoms with Gasteiger partial charge in [-0.2, -0.15) is 0 Å². The number of rotatable bonds is 6. The van der Waals surface area contributed by atoms with Crippen LogP contribution in [0.4, 0.5) is 0 Å². The zero-order valence-electron chi connectivity index (χ0n) is 10.4. The molecule has 0 aromatic carbocycles. The molecular weight excluding hydrogens is 256 g/mol. The van der Waals surface area contributed by atoms with Crippen LogP contribution in [-0.2, 0) is 11.2 Å². The molecule has 0 radical (unpaired) electrons. The van der Waals surface area contributed by atoms with E-state index < -0.39 is 0 Å². The van der Waals surface area contributed by atoms with Crippen LogP contribution in [0, 0.1) is 0 Å². The number of thiophene rings is 1. The lowest BCUT2D eigenvalue weighted by atomic mass is 10.2. The summed E-state index contributed by atoms with van der Waals surface area (Å²) in [7, 11) is 1.86. The van der Waals surface area contributed by atoms with Gasteiger partial charge >= 0.3 is 0 Å². The van der Waals surface area contributed by atoms with Crippen molar-refractivity contribution in [1.29, 1.82) is 0 Å². The van der Waals surface area contributed by atoms with Crippen molar-refractivity contribution < 1.29 is 4.79 Å². The fraction of sp³-hybridized carbons (Fsp3) is 0.583. The maximum atomic E-state index is 11.7. The normalized spacial score (nSPS) is 11.7. The van der Waals surface area contributed by atoms with Crippen LogP contribution in [0.2, 0.25) is 0 Å². The van der Waals surface area contributed by atoms with Crippen molar-refractivity contribution in [3.63, 3.8) is 0 Å². The summed E-state index contributed by atoms with van der Waals surface area (Å²) in [5.41, 5.74) is 5.62. The summed E-state index contributed by atoms with van der Waals surface area (Å²) >= 11 is 1.74. The second kappa shape index (κ2) is 8.50. The number of likely N-dealkylation sites (N-methyl/N-ethyl adjacent to an activating group) is 1. The maximum absolute atomic E-state index is 11.7. The first-order valence-corrected chi connectivity index (χ1v) is 6.49. The molecule has 1 atom stereocenters. The highest BCUT2D eigenvalue weighted by Gasteiger charge is 2.09. The fourth-order valence-corrected chi connectivity index (χ4v) is 2.10. The third-order valence-corrected chi connectivity index (χ3v) is 3.45. The van der Waals surface area contributed by atoms with Gasteiger partial charge in [0, 0.05) is 30.9 Å². The molecule has 98 valence electrons. The number of nitrogens with zero attached hydrogens (tertiary/aromatic N) is 1. The van der Waals surface area contributed by atoms with Gasteiger partial charge in [-0.25, -0.2) is 0 Å².